The third kappa shape index (κ3) is 2.69. The lowest BCUT2D eigenvalue weighted by atomic mass is 9.99. The van der Waals surface area contributed by atoms with Gasteiger partial charge < -0.3 is 10.0 Å². The molecule has 1 aliphatic rings. The third-order valence-electron chi connectivity index (χ3n) is 2.80. The zero-order valence-electron chi connectivity index (χ0n) is 8.56. The van der Waals surface area contributed by atoms with E-state index in [1.165, 1.54) is 0 Å². The second kappa shape index (κ2) is 4.94. The quantitative estimate of drug-likeness (QED) is 0.836. The number of aliphatic hydroxyl groups excluding tert-OH is 1. The highest BCUT2D eigenvalue weighted by molar-refractivity contribution is 9.10. The van der Waals surface area contributed by atoms with Gasteiger partial charge in [0.15, 0.2) is 0 Å². The lowest BCUT2D eigenvalue weighted by Gasteiger charge is -2.32. The number of hydrogen-bond acceptors (Lipinski definition) is 3. The van der Waals surface area contributed by atoms with Crippen molar-refractivity contribution in [2.45, 2.75) is 12.8 Å². The fraction of sp³-hybridized carbons (Fsp3) is 0.545. The molecular formula is C11H15BrN2O. The molecule has 1 aliphatic heterocycles. The lowest BCUT2D eigenvalue weighted by Crippen LogP contribution is -2.37. The molecule has 0 aliphatic carbocycles. The number of halogens is 1. The van der Waals surface area contributed by atoms with Gasteiger partial charge in [0.2, 0.25) is 0 Å². The van der Waals surface area contributed by atoms with Crippen molar-refractivity contribution in [3.05, 3.63) is 22.8 Å². The van der Waals surface area contributed by atoms with Crippen LogP contribution in [0, 0.1) is 5.92 Å². The topological polar surface area (TPSA) is 36.4 Å². The molecule has 1 saturated heterocycles. The first-order chi connectivity index (χ1) is 7.29. The number of piperidine rings is 1. The molecule has 1 N–H and O–H groups in total. The number of aromatic nitrogens is 1. The Kier molecular flexibility index (Phi) is 3.59. The molecule has 0 bridgehead atoms. The van der Waals surface area contributed by atoms with Gasteiger partial charge in [-0.3, -0.25) is 0 Å². The van der Waals surface area contributed by atoms with Crippen molar-refractivity contribution in [2.75, 3.05) is 24.6 Å². The number of pyridine rings is 1. The van der Waals surface area contributed by atoms with E-state index in [9.17, 15) is 0 Å². The lowest BCUT2D eigenvalue weighted by molar-refractivity contribution is 0.208. The zero-order chi connectivity index (χ0) is 10.7. The summed E-state index contributed by atoms with van der Waals surface area (Å²) in [6.45, 7) is 2.24. The fourth-order valence-corrected chi connectivity index (χ4v) is 2.33. The molecule has 2 rings (SSSR count). The normalized spacial score (nSPS) is 21.7. The summed E-state index contributed by atoms with van der Waals surface area (Å²) < 4.78 is 0.867. The van der Waals surface area contributed by atoms with Gasteiger partial charge in [0.1, 0.15) is 10.4 Å². The van der Waals surface area contributed by atoms with Gasteiger partial charge in [0, 0.05) is 19.7 Å². The Labute approximate surface area is 98.3 Å². The largest absolute Gasteiger partial charge is 0.396 e. The second-order valence-electron chi connectivity index (χ2n) is 3.96. The first-order valence-corrected chi connectivity index (χ1v) is 6.07. The number of rotatable bonds is 2. The Balaban J connectivity index is 2.09. The minimum Gasteiger partial charge on any atom is -0.396 e. The van der Waals surface area contributed by atoms with Crippen LogP contribution in [0.15, 0.2) is 22.8 Å². The maximum absolute atomic E-state index is 9.15. The molecule has 0 spiro atoms. The van der Waals surface area contributed by atoms with E-state index >= 15 is 0 Å². The van der Waals surface area contributed by atoms with E-state index < -0.39 is 0 Å². The molecule has 4 heteroatoms. The van der Waals surface area contributed by atoms with Crippen molar-refractivity contribution in [1.82, 2.24) is 4.98 Å². The van der Waals surface area contributed by atoms with E-state index in [2.05, 4.69) is 25.8 Å². The summed E-state index contributed by atoms with van der Waals surface area (Å²) in [4.78, 5) is 6.67. The number of aliphatic hydroxyl groups is 1. The Morgan fingerprint density at radius 2 is 2.40 bits per heavy atom. The predicted octanol–water partition coefficient (Wildman–Crippen LogP) is 2.05. The summed E-state index contributed by atoms with van der Waals surface area (Å²) in [5.41, 5.74) is 0. The van der Waals surface area contributed by atoms with E-state index in [0.717, 1.165) is 36.4 Å². The van der Waals surface area contributed by atoms with Gasteiger partial charge >= 0.3 is 0 Å². The van der Waals surface area contributed by atoms with Crippen LogP contribution in [-0.2, 0) is 0 Å². The molecular weight excluding hydrogens is 256 g/mol. The first kappa shape index (κ1) is 10.9. The molecule has 2 heterocycles. The van der Waals surface area contributed by atoms with E-state index in [4.69, 9.17) is 5.11 Å². The smallest absolute Gasteiger partial charge is 0.129 e. The maximum atomic E-state index is 9.15. The highest BCUT2D eigenvalue weighted by Crippen LogP contribution is 2.22. The molecule has 1 fully saturated rings. The Bertz CT molecular complexity index is 332. The minimum atomic E-state index is 0.282. The van der Waals surface area contributed by atoms with Gasteiger partial charge in [0.05, 0.1) is 0 Å². The molecule has 1 aromatic rings. The highest BCUT2D eigenvalue weighted by Gasteiger charge is 2.19. The van der Waals surface area contributed by atoms with Crippen molar-refractivity contribution in [2.24, 2.45) is 5.92 Å². The van der Waals surface area contributed by atoms with Gasteiger partial charge in [-0.25, -0.2) is 4.98 Å². The Hall–Kier alpha value is -0.610. The van der Waals surface area contributed by atoms with Crippen LogP contribution >= 0.6 is 15.9 Å². The van der Waals surface area contributed by atoms with Crippen LogP contribution < -0.4 is 4.90 Å². The van der Waals surface area contributed by atoms with Crippen molar-refractivity contribution in [1.29, 1.82) is 0 Å². The maximum Gasteiger partial charge on any atom is 0.129 e. The van der Waals surface area contributed by atoms with Crippen LogP contribution in [0.1, 0.15) is 12.8 Å². The summed E-state index contributed by atoms with van der Waals surface area (Å²) >= 11 is 3.37. The van der Waals surface area contributed by atoms with Crippen molar-refractivity contribution in [3.8, 4) is 0 Å². The van der Waals surface area contributed by atoms with Crippen LogP contribution in [-0.4, -0.2) is 29.8 Å². The van der Waals surface area contributed by atoms with E-state index in [1.54, 1.807) is 0 Å². The molecule has 82 valence electrons. The monoisotopic (exact) mass is 270 g/mol. The number of hydrogen-bond donors (Lipinski definition) is 1. The summed E-state index contributed by atoms with van der Waals surface area (Å²) in [6.07, 6.45) is 2.26. The van der Waals surface area contributed by atoms with Crippen molar-refractivity contribution >= 4 is 21.7 Å². The molecule has 0 saturated carbocycles. The van der Waals surface area contributed by atoms with Crippen LogP contribution in [0.4, 0.5) is 5.82 Å². The van der Waals surface area contributed by atoms with Gasteiger partial charge in [-0.15, -0.1) is 0 Å². The number of nitrogens with zero attached hydrogens (tertiary/aromatic N) is 2. The molecule has 0 aromatic carbocycles. The van der Waals surface area contributed by atoms with E-state index in [0.29, 0.717) is 5.92 Å². The molecule has 0 unspecified atom stereocenters. The van der Waals surface area contributed by atoms with E-state index in [-0.39, 0.29) is 6.61 Å². The van der Waals surface area contributed by atoms with Crippen molar-refractivity contribution in [3.63, 3.8) is 0 Å². The second-order valence-corrected chi connectivity index (χ2v) is 4.77. The van der Waals surface area contributed by atoms with Crippen LogP contribution in [0.5, 0.6) is 0 Å². The number of anilines is 1. The Morgan fingerprint density at radius 1 is 1.53 bits per heavy atom. The van der Waals surface area contributed by atoms with Gasteiger partial charge in [-0.1, -0.05) is 6.07 Å². The van der Waals surface area contributed by atoms with Crippen LogP contribution in [0.3, 0.4) is 0 Å². The van der Waals surface area contributed by atoms with Crippen LogP contribution in [0.2, 0.25) is 0 Å². The van der Waals surface area contributed by atoms with Crippen LogP contribution in [0.25, 0.3) is 0 Å². The third-order valence-corrected chi connectivity index (χ3v) is 3.24. The summed E-state index contributed by atoms with van der Waals surface area (Å²) in [6, 6.07) is 5.94. The molecule has 1 aromatic heterocycles. The zero-order valence-corrected chi connectivity index (χ0v) is 10.2. The van der Waals surface area contributed by atoms with Gasteiger partial charge in [-0.05, 0) is 46.8 Å². The van der Waals surface area contributed by atoms with E-state index in [1.807, 2.05) is 18.2 Å². The van der Waals surface area contributed by atoms with Crippen molar-refractivity contribution < 1.29 is 5.11 Å². The molecule has 1 atom stereocenters. The first-order valence-electron chi connectivity index (χ1n) is 5.28. The molecule has 3 nitrogen and oxygen atoms in total. The fourth-order valence-electron chi connectivity index (χ4n) is 2.00. The molecule has 0 amide bonds. The molecule has 0 radical (unpaired) electrons. The standard InChI is InChI=1S/C11H15BrN2O/c12-10-4-1-5-11(13-10)14-6-2-3-9(7-14)8-15/h1,4-5,9,15H,2-3,6-8H2/t9-/m1/s1. The SMILES string of the molecule is OC[C@@H]1CCCN(c2cccc(Br)n2)C1. The van der Waals surface area contributed by atoms with Gasteiger partial charge in [0.25, 0.3) is 0 Å². The highest BCUT2D eigenvalue weighted by atomic mass is 79.9. The van der Waals surface area contributed by atoms with Gasteiger partial charge in [-0.2, -0.15) is 0 Å². The predicted molar refractivity (Wildman–Crippen MR) is 64.0 cm³/mol. The average Bonchev–Trinajstić information content (AvgIpc) is 2.29. The summed E-state index contributed by atoms with van der Waals surface area (Å²) in [7, 11) is 0. The molecule has 15 heavy (non-hydrogen) atoms. The average molecular weight is 271 g/mol. The Morgan fingerprint density at radius 3 is 3.13 bits per heavy atom. The minimum absolute atomic E-state index is 0.282. The summed E-state index contributed by atoms with van der Waals surface area (Å²) in [5, 5.41) is 9.15. The summed E-state index contributed by atoms with van der Waals surface area (Å²) in [5.74, 6) is 1.40.